The van der Waals surface area contributed by atoms with Crippen molar-refractivity contribution in [3.63, 3.8) is 0 Å². The molecule has 0 spiro atoms. The van der Waals surface area contributed by atoms with Gasteiger partial charge in [-0.3, -0.25) is 0 Å². The van der Waals surface area contributed by atoms with E-state index in [-0.39, 0.29) is 12.4 Å². The minimum Gasteiger partial charge on any atom is -0.490 e. The van der Waals surface area contributed by atoms with Crippen LogP contribution in [-0.4, -0.2) is 30.9 Å². The molecule has 0 aliphatic heterocycles. The third-order valence-corrected chi connectivity index (χ3v) is 2.51. The van der Waals surface area contributed by atoms with Gasteiger partial charge in [0.15, 0.2) is 0 Å². The van der Waals surface area contributed by atoms with E-state index in [2.05, 4.69) is 19.2 Å². The van der Waals surface area contributed by atoms with E-state index in [1.807, 2.05) is 6.92 Å². The molecule has 1 aromatic rings. The summed E-state index contributed by atoms with van der Waals surface area (Å²) in [5.74, 6) is 0.699. The summed E-state index contributed by atoms with van der Waals surface area (Å²) in [6.07, 6.45) is -0.591. The van der Waals surface area contributed by atoms with Crippen LogP contribution in [0.15, 0.2) is 18.2 Å². The second kappa shape index (κ2) is 7.34. The highest BCUT2D eigenvalue weighted by atomic mass is 19.1. The summed E-state index contributed by atoms with van der Waals surface area (Å²) in [5, 5.41) is 12.8. The van der Waals surface area contributed by atoms with E-state index in [1.54, 1.807) is 6.07 Å². The first kappa shape index (κ1) is 14.9. The molecule has 0 fully saturated rings. The standard InChI is InChI=1S/C14H22FNO2/c1-10(2)7-16-8-13(17)9-18-14-6-12(15)5-4-11(14)3/h4-6,10,13,16-17H,7-9H2,1-3H3. The number of halogens is 1. The maximum Gasteiger partial charge on any atom is 0.126 e. The molecular weight excluding hydrogens is 233 g/mol. The number of ether oxygens (including phenoxy) is 1. The van der Waals surface area contributed by atoms with Gasteiger partial charge in [0.05, 0.1) is 0 Å². The van der Waals surface area contributed by atoms with E-state index in [4.69, 9.17) is 4.74 Å². The Labute approximate surface area is 108 Å². The minimum atomic E-state index is -0.591. The molecule has 0 radical (unpaired) electrons. The molecule has 1 atom stereocenters. The van der Waals surface area contributed by atoms with Crippen LogP contribution in [0, 0.1) is 18.7 Å². The van der Waals surface area contributed by atoms with Gasteiger partial charge in [0.2, 0.25) is 0 Å². The van der Waals surface area contributed by atoms with Crippen molar-refractivity contribution in [1.29, 1.82) is 0 Å². The number of aliphatic hydroxyl groups is 1. The second-order valence-corrected chi connectivity index (χ2v) is 4.93. The van der Waals surface area contributed by atoms with Crippen molar-refractivity contribution in [1.82, 2.24) is 5.32 Å². The highest BCUT2D eigenvalue weighted by Crippen LogP contribution is 2.18. The van der Waals surface area contributed by atoms with Gasteiger partial charge >= 0.3 is 0 Å². The van der Waals surface area contributed by atoms with Crippen LogP contribution in [-0.2, 0) is 0 Å². The Hall–Kier alpha value is -1.13. The monoisotopic (exact) mass is 255 g/mol. The van der Waals surface area contributed by atoms with Gasteiger partial charge in [0.25, 0.3) is 0 Å². The van der Waals surface area contributed by atoms with Crippen molar-refractivity contribution in [3.05, 3.63) is 29.6 Å². The molecule has 3 nitrogen and oxygen atoms in total. The van der Waals surface area contributed by atoms with Crippen molar-refractivity contribution in [2.75, 3.05) is 19.7 Å². The van der Waals surface area contributed by atoms with Crippen molar-refractivity contribution >= 4 is 0 Å². The fourth-order valence-corrected chi connectivity index (χ4v) is 1.51. The van der Waals surface area contributed by atoms with Crippen LogP contribution in [0.2, 0.25) is 0 Å². The van der Waals surface area contributed by atoms with Crippen LogP contribution in [0.1, 0.15) is 19.4 Å². The Morgan fingerprint density at radius 2 is 2.06 bits per heavy atom. The number of rotatable bonds is 7. The van der Waals surface area contributed by atoms with Crippen LogP contribution in [0.25, 0.3) is 0 Å². The van der Waals surface area contributed by atoms with Crippen LogP contribution in [0.5, 0.6) is 5.75 Å². The molecule has 0 aromatic heterocycles. The fourth-order valence-electron chi connectivity index (χ4n) is 1.51. The first-order chi connectivity index (χ1) is 8.49. The zero-order valence-electron chi connectivity index (χ0n) is 11.2. The molecule has 0 heterocycles. The molecule has 18 heavy (non-hydrogen) atoms. The lowest BCUT2D eigenvalue weighted by atomic mass is 10.2. The average molecular weight is 255 g/mol. The van der Waals surface area contributed by atoms with Gasteiger partial charge in [0, 0.05) is 12.6 Å². The highest BCUT2D eigenvalue weighted by molar-refractivity contribution is 5.32. The Balaban J connectivity index is 2.33. The summed E-state index contributed by atoms with van der Waals surface area (Å²) in [6, 6.07) is 4.39. The van der Waals surface area contributed by atoms with E-state index in [0.717, 1.165) is 12.1 Å². The van der Waals surface area contributed by atoms with Gasteiger partial charge in [-0.05, 0) is 31.0 Å². The van der Waals surface area contributed by atoms with Crippen LogP contribution in [0.4, 0.5) is 4.39 Å². The van der Waals surface area contributed by atoms with Gasteiger partial charge in [0.1, 0.15) is 24.3 Å². The first-order valence-corrected chi connectivity index (χ1v) is 6.26. The Bertz CT molecular complexity index is 369. The number of aliphatic hydroxyl groups excluding tert-OH is 1. The molecule has 0 aliphatic carbocycles. The van der Waals surface area contributed by atoms with Crippen molar-refractivity contribution in [2.45, 2.75) is 26.9 Å². The lowest BCUT2D eigenvalue weighted by Gasteiger charge is -2.15. The van der Waals surface area contributed by atoms with Gasteiger partial charge < -0.3 is 15.2 Å². The van der Waals surface area contributed by atoms with E-state index in [0.29, 0.717) is 18.2 Å². The van der Waals surface area contributed by atoms with Gasteiger partial charge in [-0.2, -0.15) is 0 Å². The molecule has 1 unspecified atom stereocenters. The van der Waals surface area contributed by atoms with E-state index in [1.165, 1.54) is 12.1 Å². The molecule has 0 aliphatic rings. The van der Waals surface area contributed by atoms with E-state index < -0.39 is 6.10 Å². The van der Waals surface area contributed by atoms with Crippen LogP contribution < -0.4 is 10.1 Å². The quantitative estimate of drug-likeness (QED) is 0.784. The summed E-state index contributed by atoms with van der Waals surface area (Å²) in [5.41, 5.74) is 0.860. The van der Waals surface area contributed by atoms with Gasteiger partial charge in [-0.15, -0.1) is 0 Å². The zero-order chi connectivity index (χ0) is 13.5. The molecule has 0 bridgehead atoms. The maximum atomic E-state index is 13.0. The van der Waals surface area contributed by atoms with Gasteiger partial charge in [-0.1, -0.05) is 19.9 Å². The Kier molecular flexibility index (Phi) is 6.09. The fraction of sp³-hybridized carbons (Fsp3) is 0.571. The second-order valence-electron chi connectivity index (χ2n) is 4.93. The van der Waals surface area contributed by atoms with Crippen molar-refractivity contribution in [3.8, 4) is 5.75 Å². The van der Waals surface area contributed by atoms with Crippen LogP contribution >= 0.6 is 0 Å². The van der Waals surface area contributed by atoms with Crippen LogP contribution in [0.3, 0.4) is 0 Å². The lowest BCUT2D eigenvalue weighted by molar-refractivity contribution is 0.105. The molecular formula is C14H22FNO2. The number of nitrogens with one attached hydrogen (secondary N) is 1. The predicted octanol–water partition coefficient (Wildman–Crippen LogP) is 2.12. The zero-order valence-corrected chi connectivity index (χ0v) is 11.2. The molecule has 0 amide bonds. The first-order valence-electron chi connectivity index (χ1n) is 6.26. The average Bonchev–Trinajstić information content (AvgIpc) is 2.30. The number of hydrogen-bond donors (Lipinski definition) is 2. The smallest absolute Gasteiger partial charge is 0.126 e. The maximum absolute atomic E-state index is 13.0. The molecule has 0 saturated carbocycles. The topological polar surface area (TPSA) is 41.5 Å². The van der Waals surface area contributed by atoms with E-state index >= 15 is 0 Å². The molecule has 4 heteroatoms. The van der Waals surface area contributed by atoms with E-state index in [9.17, 15) is 9.50 Å². The summed E-state index contributed by atoms with van der Waals surface area (Å²) in [7, 11) is 0. The summed E-state index contributed by atoms with van der Waals surface area (Å²) < 4.78 is 18.4. The summed E-state index contributed by atoms with van der Waals surface area (Å²) >= 11 is 0. The van der Waals surface area contributed by atoms with Crippen molar-refractivity contribution < 1.29 is 14.2 Å². The number of benzene rings is 1. The molecule has 1 rings (SSSR count). The highest BCUT2D eigenvalue weighted by Gasteiger charge is 2.07. The number of aryl methyl sites for hydroxylation is 1. The van der Waals surface area contributed by atoms with Gasteiger partial charge in [-0.25, -0.2) is 4.39 Å². The largest absolute Gasteiger partial charge is 0.490 e. The SMILES string of the molecule is Cc1ccc(F)cc1OCC(O)CNCC(C)C. The summed E-state index contributed by atoms with van der Waals surface area (Å²) in [4.78, 5) is 0. The Morgan fingerprint density at radius 1 is 1.33 bits per heavy atom. The summed E-state index contributed by atoms with van der Waals surface area (Å²) in [6.45, 7) is 7.55. The molecule has 2 N–H and O–H groups in total. The third kappa shape index (κ3) is 5.47. The Morgan fingerprint density at radius 3 is 2.72 bits per heavy atom. The lowest BCUT2D eigenvalue weighted by Crippen LogP contribution is -2.33. The molecule has 1 aromatic carbocycles. The number of hydrogen-bond acceptors (Lipinski definition) is 3. The van der Waals surface area contributed by atoms with Crippen molar-refractivity contribution in [2.24, 2.45) is 5.92 Å². The predicted molar refractivity (Wildman–Crippen MR) is 70.3 cm³/mol. The minimum absolute atomic E-state index is 0.162. The molecule has 0 saturated heterocycles. The molecule has 102 valence electrons. The third-order valence-electron chi connectivity index (χ3n) is 2.51. The normalized spacial score (nSPS) is 12.8.